The van der Waals surface area contributed by atoms with Crippen molar-refractivity contribution in [3.8, 4) is 5.75 Å². The molecule has 1 heterocycles. The molecule has 1 unspecified atom stereocenters. The van der Waals surface area contributed by atoms with Crippen LogP contribution in [0.15, 0.2) is 35.7 Å². The van der Waals surface area contributed by atoms with E-state index in [9.17, 15) is 0 Å². The maximum Gasteiger partial charge on any atom is 0.125 e. The van der Waals surface area contributed by atoms with E-state index in [0.29, 0.717) is 5.02 Å². The van der Waals surface area contributed by atoms with E-state index in [2.05, 4.69) is 35.8 Å². The molecule has 0 aliphatic heterocycles. The van der Waals surface area contributed by atoms with Crippen LogP contribution in [0, 0.1) is 0 Å². The largest absolute Gasteiger partial charge is 0.496 e. The molecular weight excluding hydrogens is 290 g/mol. The molecule has 108 valence electrons. The first-order valence-corrected chi connectivity index (χ1v) is 8.09. The Balaban J connectivity index is 2.25. The number of nitrogens with one attached hydrogen (secondary N) is 1. The highest BCUT2D eigenvalue weighted by atomic mass is 35.5. The summed E-state index contributed by atoms with van der Waals surface area (Å²) in [6, 6.07) is 10.4. The quantitative estimate of drug-likeness (QED) is 0.801. The Kier molecular flexibility index (Phi) is 5.89. The van der Waals surface area contributed by atoms with Crippen LogP contribution in [0.2, 0.25) is 5.02 Å². The van der Waals surface area contributed by atoms with Gasteiger partial charge in [0.15, 0.2) is 0 Å². The van der Waals surface area contributed by atoms with Crippen LogP contribution in [0.25, 0.3) is 0 Å². The molecule has 0 saturated carbocycles. The SMILES string of the molecule is CCCNC(Cc1cccs1)c1ccc(Cl)cc1OC. The molecule has 0 radical (unpaired) electrons. The molecule has 1 N–H and O–H groups in total. The highest BCUT2D eigenvalue weighted by Crippen LogP contribution is 2.31. The lowest BCUT2D eigenvalue weighted by Crippen LogP contribution is -2.24. The average Bonchev–Trinajstić information content (AvgIpc) is 2.96. The van der Waals surface area contributed by atoms with Crippen molar-refractivity contribution in [3.63, 3.8) is 0 Å². The summed E-state index contributed by atoms with van der Waals surface area (Å²) in [6.45, 7) is 3.16. The van der Waals surface area contributed by atoms with Gasteiger partial charge in [-0.1, -0.05) is 30.7 Å². The summed E-state index contributed by atoms with van der Waals surface area (Å²) < 4.78 is 5.49. The topological polar surface area (TPSA) is 21.3 Å². The summed E-state index contributed by atoms with van der Waals surface area (Å²) >= 11 is 7.84. The number of methoxy groups -OCH3 is 1. The van der Waals surface area contributed by atoms with Gasteiger partial charge in [-0.2, -0.15) is 0 Å². The van der Waals surface area contributed by atoms with Gasteiger partial charge in [0.1, 0.15) is 5.75 Å². The Morgan fingerprint density at radius 3 is 2.85 bits per heavy atom. The summed E-state index contributed by atoms with van der Waals surface area (Å²) in [4.78, 5) is 1.37. The van der Waals surface area contributed by atoms with Crippen LogP contribution in [-0.2, 0) is 6.42 Å². The molecule has 2 nitrogen and oxygen atoms in total. The Morgan fingerprint density at radius 1 is 1.35 bits per heavy atom. The van der Waals surface area contributed by atoms with Gasteiger partial charge in [0.25, 0.3) is 0 Å². The van der Waals surface area contributed by atoms with Gasteiger partial charge < -0.3 is 10.1 Å². The first-order chi connectivity index (χ1) is 9.74. The standard InChI is InChI=1S/C16H20ClNOS/c1-3-8-18-15(11-13-5-4-9-20-13)14-7-6-12(17)10-16(14)19-2/h4-7,9-10,15,18H,3,8,11H2,1-2H3. The number of hydrogen-bond acceptors (Lipinski definition) is 3. The van der Waals surface area contributed by atoms with E-state index in [1.54, 1.807) is 18.4 Å². The highest BCUT2D eigenvalue weighted by Gasteiger charge is 2.17. The third-order valence-corrected chi connectivity index (χ3v) is 4.33. The fourth-order valence-electron chi connectivity index (χ4n) is 2.21. The number of benzene rings is 1. The van der Waals surface area contributed by atoms with Crippen molar-refractivity contribution < 1.29 is 4.74 Å². The summed E-state index contributed by atoms with van der Waals surface area (Å²) in [7, 11) is 1.69. The van der Waals surface area contributed by atoms with Gasteiger partial charge in [-0.3, -0.25) is 0 Å². The molecule has 1 atom stereocenters. The maximum atomic E-state index is 6.05. The van der Waals surface area contributed by atoms with Gasteiger partial charge in [-0.05, 0) is 36.5 Å². The zero-order chi connectivity index (χ0) is 14.4. The molecule has 0 amide bonds. The summed E-state index contributed by atoms with van der Waals surface area (Å²) in [5.74, 6) is 0.850. The Bertz CT molecular complexity index is 527. The Morgan fingerprint density at radius 2 is 2.20 bits per heavy atom. The molecule has 2 rings (SSSR count). The Hall–Kier alpha value is -1.03. The summed E-state index contributed by atoms with van der Waals surface area (Å²) in [5.41, 5.74) is 1.17. The number of ether oxygens (including phenoxy) is 1. The molecular formula is C16H20ClNOS. The molecule has 0 aliphatic rings. The second kappa shape index (κ2) is 7.67. The number of hydrogen-bond donors (Lipinski definition) is 1. The minimum absolute atomic E-state index is 0.251. The normalized spacial score (nSPS) is 12.3. The highest BCUT2D eigenvalue weighted by molar-refractivity contribution is 7.09. The van der Waals surface area contributed by atoms with E-state index in [4.69, 9.17) is 16.3 Å². The molecule has 20 heavy (non-hydrogen) atoms. The van der Waals surface area contributed by atoms with Crippen LogP contribution in [0.1, 0.15) is 29.8 Å². The number of rotatable bonds is 7. The Labute approximate surface area is 129 Å². The van der Waals surface area contributed by atoms with Crippen molar-refractivity contribution in [1.82, 2.24) is 5.32 Å². The second-order valence-electron chi connectivity index (χ2n) is 4.68. The third kappa shape index (κ3) is 3.98. The first kappa shape index (κ1) is 15.4. The second-order valence-corrected chi connectivity index (χ2v) is 6.15. The van der Waals surface area contributed by atoms with E-state index >= 15 is 0 Å². The van der Waals surface area contributed by atoms with Crippen molar-refractivity contribution in [2.75, 3.05) is 13.7 Å². The van der Waals surface area contributed by atoms with E-state index in [0.717, 1.165) is 25.1 Å². The van der Waals surface area contributed by atoms with E-state index in [1.165, 1.54) is 10.4 Å². The summed E-state index contributed by atoms with van der Waals surface area (Å²) in [6.07, 6.45) is 2.08. The lowest BCUT2D eigenvalue weighted by atomic mass is 10.0. The van der Waals surface area contributed by atoms with Crippen molar-refractivity contribution in [1.29, 1.82) is 0 Å². The van der Waals surface area contributed by atoms with E-state index in [-0.39, 0.29) is 6.04 Å². The minimum Gasteiger partial charge on any atom is -0.496 e. The zero-order valence-corrected chi connectivity index (χ0v) is 13.4. The summed E-state index contributed by atoms with van der Waals surface area (Å²) in [5, 5.41) is 6.42. The lowest BCUT2D eigenvalue weighted by molar-refractivity contribution is 0.398. The van der Waals surface area contributed by atoms with Crippen molar-refractivity contribution >= 4 is 22.9 Å². The lowest BCUT2D eigenvalue weighted by Gasteiger charge is -2.21. The van der Waals surface area contributed by atoms with Gasteiger partial charge in [-0.15, -0.1) is 11.3 Å². The van der Waals surface area contributed by atoms with Crippen LogP contribution >= 0.6 is 22.9 Å². The molecule has 0 aliphatic carbocycles. The van der Waals surface area contributed by atoms with Crippen molar-refractivity contribution in [3.05, 3.63) is 51.2 Å². The molecule has 1 aromatic carbocycles. The van der Waals surface area contributed by atoms with Gasteiger partial charge in [0.2, 0.25) is 0 Å². The average molecular weight is 310 g/mol. The van der Waals surface area contributed by atoms with Crippen LogP contribution in [0.5, 0.6) is 5.75 Å². The predicted octanol–water partition coefficient (Wildman–Crippen LogP) is 4.69. The maximum absolute atomic E-state index is 6.05. The van der Waals surface area contributed by atoms with Crippen LogP contribution in [-0.4, -0.2) is 13.7 Å². The van der Waals surface area contributed by atoms with Gasteiger partial charge >= 0.3 is 0 Å². The number of thiophene rings is 1. The fourth-order valence-corrected chi connectivity index (χ4v) is 3.13. The number of halogens is 1. The minimum atomic E-state index is 0.251. The van der Waals surface area contributed by atoms with Crippen LogP contribution in [0.3, 0.4) is 0 Å². The molecule has 0 spiro atoms. The van der Waals surface area contributed by atoms with Gasteiger partial charge in [-0.25, -0.2) is 0 Å². The molecule has 0 fully saturated rings. The zero-order valence-electron chi connectivity index (χ0n) is 11.9. The molecule has 1 aromatic heterocycles. The van der Waals surface area contributed by atoms with Crippen molar-refractivity contribution in [2.45, 2.75) is 25.8 Å². The van der Waals surface area contributed by atoms with Gasteiger partial charge in [0, 0.05) is 27.9 Å². The van der Waals surface area contributed by atoms with E-state index < -0.39 is 0 Å². The molecule has 0 saturated heterocycles. The monoisotopic (exact) mass is 309 g/mol. The smallest absolute Gasteiger partial charge is 0.125 e. The molecule has 0 bridgehead atoms. The molecule has 2 aromatic rings. The van der Waals surface area contributed by atoms with Gasteiger partial charge in [0.05, 0.1) is 7.11 Å². The fraction of sp³-hybridized carbons (Fsp3) is 0.375. The van der Waals surface area contributed by atoms with E-state index in [1.807, 2.05) is 12.1 Å². The van der Waals surface area contributed by atoms with Crippen molar-refractivity contribution in [2.24, 2.45) is 0 Å². The van der Waals surface area contributed by atoms with Crippen LogP contribution < -0.4 is 10.1 Å². The van der Waals surface area contributed by atoms with Crippen LogP contribution in [0.4, 0.5) is 0 Å². The third-order valence-electron chi connectivity index (χ3n) is 3.20. The predicted molar refractivity (Wildman–Crippen MR) is 87.1 cm³/mol. The first-order valence-electron chi connectivity index (χ1n) is 6.83. The molecule has 4 heteroatoms.